The number of hydrogen-bond donors (Lipinski definition) is 2. The van der Waals surface area contributed by atoms with E-state index >= 15 is 0 Å². The first-order valence-corrected chi connectivity index (χ1v) is 12.1. The molecule has 1 saturated heterocycles. The van der Waals surface area contributed by atoms with Crippen LogP contribution in [0.4, 0.5) is 0 Å². The van der Waals surface area contributed by atoms with Crippen LogP contribution in [0.1, 0.15) is 71.8 Å². The quantitative estimate of drug-likeness (QED) is 0.616. The van der Waals surface area contributed by atoms with Gasteiger partial charge in [-0.2, -0.15) is 0 Å². The lowest BCUT2D eigenvalue weighted by atomic mass is 9.85. The van der Waals surface area contributed by atoms with E-state index in [1.807, 2.05) is 52.0 Å². The SMILES string of the molecule is CC.CC.COc1ccc2cc(C(=N)C3CCCN(C4CCC(O)CC4)C3)ccc2n1. The van der Waals surface area contributed by atoms with Gasteiger partial charge in [0.2, 0.25) is 5.88 Å². The van der Waals surface area contributed by atoms with Gasteiger partial charge in [0.25, 0.3) is 0 Å². The summed E-state index contributed by atoms with van der Waals surface area (Å²) in [5.41, 5.74) is 2.64. The van der Waals surface area contributed by atoms with Crippen molar-refractivity contribution in [3.05, 3.63) is 35.9 Å². The summed E-state index contributed by atoms with van der Waals surface area (Å²) in [5.74, 6) is 0.903. The fourth-order valence-corrected chi connectivity index (χ4v) is 4.62. The van der Waals surface area contributed by atoms with E-state index in [2.05, 4.69) is 16.0 Å². The Balaban J connectivity index is 0.000000807. The molecule has 31 heavy (non-hydrogen) atoms. The Morgan fingerprint density at radius 2 is 1.74 bits per heavy atom. The zero-order valence-electron chi connectivity index (χ0n) is 20.0. The second-order valence-corrected chi connectivity index (χ2v) is 7.97. The first-order valence-electron chi connectivity index (χ1n) is 12.1. The second-order valence-electron chi connectivity index (χ2n) is 7.97. The van der Waals surface area contributed by atoms with Crippen LogP contribution in [0.2, 0.25) is 0 Å². The van der Waals surface area contributed by atoms with Crippen LogP contribution in [0.5, 0.6) is 5.88 Å². The highest BCUT2D eigenvalue weighted by Gasteiger charge is 2.30. The van der Waals surface area contributed by atoms with Gasteiger partial charge in [0.1, 0.15) is 0 Å². The number of likely N-dealkylation sites (tertiary alicyclic amines) is 1. The number of piperidine rings is 1. The van der Waals surface area contributed by atoms with Crippen molar-refractivity contribution in [2.75, 3.05) is 20.2 Å². The summed E-state index contributed by atoms with van der Waals surface area (Å²) in [7, 11) is 1.63. The fourth-order valence-electron chi connectivity index (χ4n) is 4.62. The van der Waals surface area contributed by atoms with E-state index in [9.17, 15) is 5.11 Å². The lowest BCUT2D eigenvalue weighted by Crippen LogP contribution is -2.46. The van der Waals surface area contributed by atoms with Gasteiger partial charge in [-0.1, -0.05) is 33.8 Å². The molecule has 1 atom stereocenters. The average molecular weight is 428 g/mol. The Hall–Kier alpha value is -1.98. The van der Waals surface area contributed by atoms with Crippen LogP contribution in [0.25, 0.3) is 10.9 Å². The predicted octanol–water partition coefficient (Wildman–Crippen LogP) is 5.68. The van der Waals surface area contributed by atoms with Gasteiger partial charge >= 0.3 is 0 Å². The molecule has 0 amide bonds. The van der Waals surface area contributed by atoms with Gasteiger partial charge in [-0.3, -0.25) is 4.90 Å². The number of aliphatic hydroxyl groups excluding tert-OH is 1. The summed E-state index contributed by atoms with van der Waals surface area (Å²) in [4.78, 5) is 7.04. The van der Waals surface area contributed by atoms with Crippen LogP contribution in [-0.2, 0) is 0 Å². The zero-order valence-corrected chi connectivity index (χ0v) is 20.0. The normalized spacial score (nSPS) is 23.7. The maximum absolute atomic E-state index is 9.77. The number of nitrogens with zero attached hydrogens (tertiary/aromatic N) is 2. The number of rotatable bonds is 4. The summed E-state index contributed by atoms with van der Waals surface area (Å²) in [6.07, 6.45) is 6.15. The van der Waals surface area contributed by atoms with Crippen LogP contribution in [-0.4, -0.2) is 53.0 Å². The van der Waals surface area contributed by atoms with Crippen LogP contribution in [0.3, 0.4) is 0 Å². The summed E-state index contributed by atoms with van der Waals surface area (Å²) in [5, 5.41) is 19.6. The summed E-state index contributed by atoms with van der Waals surface area (Å²) in [6.45, 7) is 10.1. The molecule has 4 rings (SSSR count). The highest BCUT2D eigenvalue weighted by atomic mass is 16.5. The van der Waals surface area contributed by atoms with Crippen molar-refractivity contribution < 1.29 is 9.84 Å². The van der Waals surface area contributed by atoms with Gasteiger partial charge < -0.3 is 15.3 Å². The molecular formula is C26H41N3O2. The van der Waals surface area contributed by atoms with Crippen molar-refractivity contribution in [1.29, 1.82) is 5.41 Å². The Bertz CT molecular complexity index is 815. The van der Waals surface area contributed by atoms with Crippen molar-refractivity contribution in [3.63, 3.8) is 0 Å². The minimum absolute atomic E-state index is 0.107. The zero-order chi connectivity index (χ0) is 22.8. The number of nitrogens with one attached hydrogen (secondary N) is 1. The van der Waals surface area contributed by atoms with E-state index in [0.717, 1.165) is 73.8 Å². The second kappa shape index (κ2) is 12.8. The van der Waals surface area contributed by atoms with E-state index in [4.69, 9.17) is 10.1 Å². The Morgan fingerprint density at radius 3 is 2.42 bits per heavy atom. The summed E-state index contributed by atoms with van der Waals surface area (Å²) in [6, 6.07) is 10.6. The molecule has 1 unspecified atom stereocenters. The molecule has 1 aliphatic carbocycles. The molecule has 0 spiro atoms. The van der Waals surface area contributed by atoms with E-state index in [0.29, 0.717) is 11.9 Å². The maximum atomic E-state index is 9.77. The number of benzene rings is 1. The molecule has 2 N–H and O–H groups in total. The first kappa shape index (κ1) is 25.3. The van der Waals surface area contributed by atoms with E-state index in [1.165, 1.54) is 0 Å². The third-order valence-corrected chi connectivity index (χ3v) is 6.23. The van der Waals surface area contributed by atoms with Gasteiger partial charge in [-0.15, -0.1) is 0 Å². The van der Waals surface area contributed by atoms with Crippen LogP contribution < -0.4 is 4.74 Å². The highest BCUT2D eigenvalue weighted by molar-refractivity contribution is 6.02. The number of pyridine rings is 1. The summed E-state index contributed by atoms with van der Waals surface area (Å²) < 4.78 is 5.20. The number of hydrogen-bond acceptors (Lipinski definition) is 5. The number of methoxy groups -OCH3 is 1. The standard InChI is InChI=1S/C22H29N3O2.2C2H6/c1-27-21-11-5-15-13-16(4-10-20(15)24-21)22(23)17-3-2-12-25(14-17)18-6-8-19(26)9-7-18;2*1-2/h4-5,10-11,13,17-19,23,26H,2-3,6-9,12,14H2,1H3;2*1-2H3. The van der Waals surface area contributed by atoms with Crippen molar-refractivity contribution >= 4 is 16.6 Å². The van der Waals surface area contributed by atoms with Gasteiger partial charge in [0, 0.05) is 35.7 Å². The average Bonchev–Trinajstić information content (AvgIpc) is 2.86. The maximum Gasteiger partial charge on any atom is 0.213 e. The fraction of sp³-hybridized carbons (Fsp3) is 0.615. The number of aliphatic hydroxyl groups is 1. The van der Waals surface area contributed by atoms with Gasteiger partial charge in [-0.25, -0.2) is 4.98 Å². The van der Waals surface area contributed by atoms with Crippen molar-refractivity contribution in [1.82, 2.24) is 9.88 Å². The lowest BCUT2D eigenvalue weighted by Gasteiger charge is -2.41. The number of fused-ring (bicyclic) bond motifs is 1. The Morgan fingerprint density at radius 1 is 1.03 bits per heavy atom. The van der Waals surface area contributed by atoms with E-state index < -0.39 is 0 Å². The topological polar surface area (TPSA) is 69.4 Å². The minimum atomic E-state index is -0.107. The van der Waals surface area contributed by atoms with Crippen molar-refractivity contribution in [3.8, 4) is 5.88 Å². The molecule has 0 bridgehead atoms. The third-order valence-electron chi connectivity index (χ3n) is 6.23. The molecular weight excluding hydrogens is 386 g/mol. The minimum Gasteiger partial charge on any atom is -0.481 e. The summed E-state index contributed by atoms with van der Waals surface area (Å²) >= 11 is 0. The van der Waals surface area contributed by atoms with Crippen LogP contribution >= 0.6 is 0 Å². The molecule has 2 aliphatic rings. The molecule has 2 aromatic rings. The number of ether oxygens (including phenoxy) is 1. The third kappa shape index (κ3) is 6.50. The first-order chi connectivity index (χ1) is 15.1. The lowest BCUT2D eigenvalue weighted by molar-refractivity contribution is 0.0592. The largest absolute Gasteiger partial charge is 0.481 e. The van der Waals surface area contributed by atoms with Gasteiger partial charge in [0.05, 0.1) is 18.7 Å². The monoisotopic (exact) mass is 427 g/mol. The molecule has 1 aromatic heterocycles. The van der Waals surface area contributed by atoms with Crippen LogP contribution in [0, 0.1) is 11.3 Å². The number of aromatic nitrogens is 1. The van der Waals surface area contributed by atoms with Crippen molar-refractivity contribution in [2.24, 2.45) is 5.92 Å². The molecule has 1 aliphatic heterocycles. The van der Waals surface area contributed by atoms with Crippen LogP contribution in [0.15, 0.2) is 30.3 Å². The van der Waals surface area contributed by atoms with Crippen molar-refractivity contribution in [2.45, 2.75) is 78.4 Å². The van der Waals surface area contributed by atoms with E-state index in [-0.39, 0.29) is 12.0 Å². The molecule has 0 radical (unpaired) electrons. The smallest absolute Gasteiger partial charge is 0.213 e. The van der Waals surface area contributed by atoms with Gasteiger partial charge in [0.15, 0.2) is 0 Å². The van der Waals surface area contributed by atoms with Gasteiger partial charge in [-0.05, 0) is 68.8 Å². The highest BCUT2D eigenvalue weighted by Crippen LogP contribution is 2.29. The molecule has 1 saturated carbocycles. The molecule has 2 heterocycles. The predicted molar refractivity (Wildman–Crippen MR) is 130 cm³/mol. The van der Waals surface area contributed by atoms with E-state index in [1.54, 1.807) is 7.11 Å². The molecule has 1 aromatic carbocycles. The Labute approximate surface area is 188 Å². The molecule has 5 heteroatoms. The Kier molecular flexibility index (Phi) is 10.4. The molecule has 172 valence electrons. The molecule has 5 nitrogen and oxygen atoms in total. The molecule has 2 fully saturated rings.